The SMILES string of the molecule is CN(C)S(=O)(=O)c1ccc(NC(=O)CCc2nc3ccccc3s2)cc1. The number of aryl methyl sites for hydroxylation is 1. The number of hydrogen-bond acceptors (Lipinski definition) is 5. The van der Waals surface area contributed by atoms with Crippen LogP contribution in [0.15, 0.2) is 53.4 Å². The van der Waals surface area contributed by atoms with Crippen LogP contribution in [-0.2, 0) is 21.2 Å². The van der Waals surface area contributed by atoms with Crippen molar-refractivity contribution in [2.24, 2.45) is 0 Å². The van der Waals surface area contributed by atoms with Crippen molar-refractivity contribution >= 4 is 43.2 Å². The Labute approximate surface area is 156 Å². The lowest BCUT2D eigenvalue weighted by atomic mass is 10.2. The smallest absolute Gasteiger partial charge is 0.242 e. The third-order valence-electron chi connectivity index (χ3n) is 3.82. The summed E-state index contributed by atoms with van der Waals surface area (Å²) in [5.74, 6) is -0.132. The molecule has 8 heteroatoms. The highest BCUT2D eigenvalue weighted by Gasteiger charge is 2.16. The quantitative estimate of drug-likeness (QED) is 0.702. The molecule has 26 heavy (non-hydrogen) atoms. The first kappa shape index (κ1) is 18.5. The van der Waals surface area contributed by atoms with E-state index in [2.05, 4.69) is 10.3 Å². The number of benzene rings is 2. The number of hydrogen-bond donors (Lipinski definition) is 1. The van der Waals surface area contributed by atoms with Gasteiger partial charge in [0.15, 0.2) is 0 Å². The van der Waals surface area contributed by atoms with Gasteiger partial charge in [-0.25, -0.2) is 17.7 Å². The topological polar surface area (TPSA) is 79.4 Å². The maximum atomic E-state index is 12.1. The molecule has 3 rings (SSSR count). The number of fused-ring (bicyclic) bond motifs is 1. The number of para-hydroxylation sites is 1. The zero-order valence-corrected chi connectivity index (χ0v) is 16.1. The number of amides is 1. The van der Waals surface area contributed by atoms with Crippen LogP contribution in [0.4, 0.5) is 5.69 Å². The number of rotatable bonds is 6. The summed E-state index contributed by atoms with van der Waals surface area (Å²) >= 11 is 1.59. The van der Waals surface area contributed by atoms with Crippen molar-refractivity contribution < 1.29 is 13.2 Å². The molecule has 0 fully saturated rings. The largest absolute Gasteiger partial charge is 0.326 e. The molecule has 136 valence electrons. The Bertz CT molecular complexity index is 992. The zero-order valence-electron chi connectivity index (χ0n) is 14.5. The van der Waals surface area contributed by atoms with E-state index in [-0.39, 0.29) is 10.8 Å². The van der Waals surface area contributed by atoms with Crippen LogP contribution in [0.25, 0.3) is 10.2 Å². The summed E-state index contributed by atoms with van der Waals surface area (Å²) in [6.45, 7) is 0. The fourth-order valence-corrected chi connectivity index (χ4v) is 4.26. The van der Waals surface area contributed by atoms with Crippen LogP contribution in [-0.4, -0.2) is 37.7 Å². The third kappa shape index (κ3) is 4.09. The van der Waals surface area contributed by atoms with Gasteiger partial charge in [-0.05, 0) is 36.4 Å². The average molecular weight is 390 g/mol. The maximum Gasteiger partial charge on any atom is 0.242 e. The van der Waals surface area contributed by atoms with E-state index in [1.54, 1.807) is 23.5 Å². The molecule has 0 aliphatic rings. The summed E-state index contributed by atoms with van der Waals surface area (Å²) in [4.78, 5) is 16.8. The van der Waals surface area contributed by atoms with Crippen LogP contribution in [0, 0.1) is 0 Å². The maximum absolute atomic E-state index is 12.1. The molecule has 1 amide bonds. The van der Waals surface area contributed by atoms with Crippen LogP contribution in [0.2, 0.25) is 0 Å². The summed E-state index contributed by atoms with van der Waals surface area (Å²) in [7, 11) is -0.509. The normalized spacial score (nSPS) is 11.8. The molecule has 0 bridgehead atoms. The van der Waals surface area contributed by atoms with Crippen molar-refractivity contribution in [1.29, 1.82) is 0 Å². The number of nitrogens with zero attached hydrogens (tertiary/aromatic N) is 2. The lowest BCUT2D eigenvalue weighted by Crippen LogP contribution is -2.22. The zero-order chi connectivity index (χ0) is 18.7. The van der Waals surface area contributed by atoms with E-state index in [9.17, 15) is 13.2 Å². The molecule has 3 aromatic rings. The van der Waals surface area contributed by atoms with Gasteiger partial charge in [0.05, 0.1) is 20.1 Å². The highest BCUT2D eigenvalue weighted by molar-refractivity contribution is 7.89. The van der Waals surface area contributed by atoms with Gasteiger partial charge in [0.1, 0.15) is 0 Å². The van der Waals surface area contributed by atoms with E-state index in [0.29, 0.717) is 18.5 Å². The Morgan fingerprint density at radius 1 is 1.12 bits per heavy atom. The van der Waals surface area contributed by atoms with Gasteiger partial charge in [-0.1, -0.05) is 12.1 Å². The number of carbonyl (C=O) groups excluding carboxylic acids is 1. The Hall–Kier alpha value is -2.29. The van der Waals surface area contributed by atoms with Gasteiger partial charge in [0.2, 0.25) is 15.9 Å². The van der Waals surface area contributed by atoms with Crippen molar-refractivity contribution in [2.45, 2.75) is 17.7 Å². The van der Waals surface area contributed by atoms with Gasteiger partial charge in [-0.15, -0.1) is 11.3 Å². The Balaban J connectivity index is 1.59. The highest BCUT2D eigenvalue weighted by Crippen LogP contribution is 2.22. The lowest BCUT2D eigenvalue weighted by Gasteiger charge is -2.12. The first-order valence-corrected chi connectivity index (χ1v) is 10.3. The molecule has 6 nitrogen and oxygen atoms in total. The van der Waals surface area contributed by atoms with E-state index in [4.69, 9.17) is 0 Å². The molecular weight excluding hydrogens is 370 g/mol. The van der Waals surface area contributed by atoms with E-state index >= 15 is 0 Å². The standard InChI is InChI=1S/C18H19N3O3S2/c1-21(2)26(23,24)14-9-7-13(8-10-14)19-17(22)11-12-18-20-15-5-3-4-6-16(15)25-18/h3-10H,11-12H2,1-2H3,(H,19,22). The van der Waals surface area contributed by atoms with Crippen molar-refractivity contribution in [3.8, 4) is 0 Å². The molecule has 0 atom stereocenters. The summed E-state index contributed by atoms with van der Waals surface area (Å²) < 4.78 is 26.3. The summed E-state index contributed by atoms with van der Waals surface area (Å²) in [6, 6.07) is 14.0. The second-order valence-corrected chi connectivity index (χ2v) is 9.20. The predicted octanol–water partition coefficient (Wildman–Crippen LogP) is 3.12. The molecule has 1 aromatic heterocycles. The number of anilines is 1. The molecule has 1 N–H and O–H groups in total. The number of sulfonamides is 1. The molecule has 1 heterocycles. The van der Waals surface area contributed by atoms with Crippen LogP contribution in [0.1, 0.15) is 11.4 Å². The van der Waals surface area contributed by atoms with Crippen LogP contribution in [0.5, 0.6) is 0 Å². The molecule has 0 aliphatic heterocycles. The summed E-state index contributed by atoms with van der Waals surface area (Å²) in [5, 5.41) is 3.71. The Morgan fingerprint density at radius 2 is 1.81 bits per heavy atom. The molecule has 0 saturated heterocycles. The number of carbonyl (C=O) groups is 1. The van der Waals surface area contributed by atoms with E-state index in [1.165, 1.54) is 26.2 Å². The minimum Gasteiger partial charge on any atom is -0.326 e. The molecule has 0 saturated carbocycles. The van der Waals surface area contributed by atoms with Gasteiger partial charge in [0, 0.05) is 32.6 Å². The van der Waals surface area contributed by atoms with Crippen molar-refractivity contribution in [1.82, 2.24) is 9.29 Å². The van der Waals surface area contributed by atoms with Crippen LogP contribution in [0.3, 0.4) is 0 Å². The monoisotopic (exact) mass is 389 g/mol. The summed E-state index contributed by atoms with van der Waals surface area (Å²) in [6.07, 6.45) is 0.885. The molecule has 0 radical (unpaired) electrons. The first-order valence-electron chi connectivity index (χ1n) is 8.03. The predicted molar refractivity (Wildman–Crippen MR) is 104 cm³/mol. The average Bonchev–Trinajstić information content (AvgIpc) is 3.03. The summed E-state index contributed by atoms with van der Waals surface area (Å²) in [5.41, 5.74) is 1.52. The van der Waals surface area contributed by atoms with Gasteiger partial charge in [-0.3, -0.25) is 4.79 Å². The van der Waals surface area contributed by atoms with E-state index in [0.717, 1.165) is 19.5 Å². The van der Waals surface area contributed by atoms with Crippen molar-refractivity contribution in [3.05, 3.63) is 53.5 Å². The van der Waals surface area contributed by atoms with E-state index < -0.39 is 10.0 Å². The van der Waals surface area contributed by atoms with Crippen LogP contribution < -0.4 is 5.32 Å². The molecule has 0 aliphatic carbocycles. The molecular formula is C18H19N3O3S2. The van der Waals surface area contributed by atoms with Gasteiger partial charge < -0.3 is 5.32 Å². The molecule has 2 aromatic carbocycles. The first-order chi connectivity index (χ1) is 12.4. The van der Waals surface area contributed by atoms with Crippen molar-refractivity contribution in [2.75, 3.05) is 19.4 Å². The number of aromatic nitrogens is 1. The second-order valence-electron chi connectivity index (χ2n) is 5.94. The number of nitrogens with one attached hydrogen (secondary N) is 1. The van der Waals surface area contributed by atoms with Gasteiger partial charge >= 0.3 is 0 Å². The number of thiazole rings is 1. The Morgan fingerprint density at radius 3 is 2.46 bits per heavy atom. The van der Waals surface area contributed by atoms with Gasteiger partial charge in [0.25, 0.3) is 0 Å². The minimum atomic E-state index is -3.47. The minimum absolute atomic E-state index is 0.132. The Kier molecular flexibility index (Phi) is 5.36. The third-order valence-corrected chi connectivity index (χ3v) is 6.75. The van der Waals surface area contributed by atoms with Crippen LogP contribution >= 0.6 is 11.3 Å². The van der Waals surface area contributed by atoms with Gasteiger partial charge in [-0.2, -0.15) is 0 Å². The molecule has 0 spiro atoms. The fraction of sp³-hybridized carbons (Fsp3) is 0.222. The highest BCUT2D eigenvalue weighted by atomic mass is 32.2. The fourth-order valence-electron chi connectivity index (χ4n) is 2.39. The molecule has 0 unspecified atom stereocenters. The van der Waals surface area contributed by atoms with Crippen molar-refractivity contribution in [3.63, 3.8) is 0 Å². The van der Waals surface area contributed by atoms with E-state index in [1.807, 2.05) is 24.3 Å². The lowest BCUT2D eigenvalue weighted by molar-refractivity contribution is -0.116. The second kappa shape index (κ2) is 7.53.